The maximum Gasteiger partial charge on any atom is 0.194 e. The van der Waals surface area contributed by atoms with E-state index in [0.717, 1.165) is 38.6 Å². The molecule has 0 aromatic heterocycles. The molecule has 0 N–H and O–H groups in total. The normalized spacial score (nSPS) is 10.8. The SMILES string of the molecule is Cc1ccc(C)c(C(=O)c2c(C)ccc3ccccc23)c1. The highest BCUT2D eigenvalue weighted by Crippen LogP contribution is 2.26. The Balaban J connectivity index is 2.27. The Morgan fingerprint density at radius 2 is 1.52 bits per heavy atom. The molecule has 104 valence electrons. The number of carbonyl (C=O) groups is 1. The summed E-state index contributed by atoms with van der Waals surface area (Å²) >= 11 is 0. The predicted molar refractivity (Wildman–Crippen MR) is 88.0 cm³/mol. The zero-order chi connectivity index (χ0) is 15.0. The fraction of sp³-hybridized carbons (Fsp3) is 0.150. The number of aryl methyl sites for hydroxylation is 3. The number of benzene rings is 3. The fourth-order valence-corrected chi connectivity index (χ4v) is 2.80. The average molecular weight is 274 g/mol. The van der Waals surface area contributed by atoms with Crippen molar-refractivity contribution in [2.45, 2.75) is 20.8 Å². The molecule has 0 fully saturated rings. The first-order valence-electron chi connectivity index (χ1n) is 7.18. The van der Waals surface area contributed by atoms with Crippen molar-refractivity contribution in [3.05, 3.63) is 82.4 Å². The van der Waals surface area contributed by atoms with Crippen molar-refractivity contribution < 1.29 is 4.79 Å². The van der Waals surface area contributed by atoms with Gasteiger partial charge in [0.25, 0.3) is 0 Å². The monoisotopic (exact) mass is 274 g/mol. The second-order valence-electron chi connectivity index (χ2n) is 5.63. The van der Waals surface area contributed by atoms with E-state index in [0.29, 0.717) is 0 Å². The number of rotatable bonds is 2. The Morgan fingerprint density at radius 1 is 0.810 bits per heavy atom. The van der Waals surface area contributed by atoms with Crippen LogP contribution in [0.25, 0.3) is 10.8 Å². The van der Waals surface area contributed by atoms with E-state index in [1.807, 2.05) is 63.2 Å². The molecule has 0 aliphatic heterocycles. The van der Waals surface area contributed by atoms with Crippen LogP contribution >= 0.6 is 0 Å². The van der Waals surface area contributed by atoms with Gasteiger partial charge in [0, 0.05) is 11.1 Å². The number of hydrogen-bond acceptors (Lipinski definition) is 1. The van der Waals surface area contributed by atoms with Crippen molar-refractivity contribution >= 4 is 16.6 Å². The van der Waals surface area contributed by atoms with Gasteiger partial charge in [0.15, 0.2) is 5.78 Å². The molecule has 21 heavy (non-hydrogen) atoms. The van der Waals surface area contributed by atoms with Crippen LogP contribution in [0.15, 0.2) is 54.6 Å². The Hall–Kier alpha value is -2.41. The summed E-state index contributed by atoms with van der Waals surface area (Å²) in [7, 11) is 0. The summed E-state index contributed by atoms with van der Waals surface area (Å²) in [6, 6.07) is 18.2. The number of carbonyl (C=O) groups excluding carboxylic acids is 1. The molecule has 0 aliphatic carbocycles. The van der Waals surface area contributed by atoms with Gasteiger partial charge in [-0.25, -0.2) is 0 Å². The second-order valence-corrected chi connectivity index (χ2v) is 5.63. The molecule has 3 aromatic carbocycles. The van der Waals surface area contributed by atoms with E-state index in [4.69, 9.17) is 0 Å². The largest absolute Gasteiger partial charge is 0.289 e. The molecule has 0 radical (unpaired) electrons. The van der Waals surface area contributed by atoms with Gasteiger partial charge < -0.3 is 0 Å². The van der Waals surface area contributed by atoms with Crippen molar-refractivity contribution in [2.75, 3.05) is 0 Å². The summed E-state index contributed by atoms with van der Waals surface area (Å²) in [5.74, 6) is 0.116. The van der Waals surface area contributed by atoms with Crippen molar-refractivity contribution in [2.24, 2.45) is 0 Å². The van der Waals surface area contributed by atoms with Crippen LogP contribution in [-0.2, 0) is 0 Å². The quantitative estimate of drug-likeness (QED) is 0.601. The molecule has 0 saturated heterocycles. The Bertz CT molecular complexity index is 844. The van der Waals surface area contributed by atoms with Crippen molar-refractivity contribution in [3.8, 4) is 0 Å². The summed E-state index contributed by atoms with van der Waals surface area (Å²) in [4.78, 5) is 13.1. The third-order valence-electron chi connectivity index (χ3n) is 4.00. The van der Waals surface area contributed by atoms with Crippen molar-refractivity contribution in [1.29, 1.82) is 0 Å². The maximum atomic E-state index is 13.1. The summed E-state index contributed by atoms with van der Waals surface area (Å²) in [6.45, 7) is 6.02. The van der Waals surface area contributed by atoms with Gasteiger partial charge in [0.05, 0.1) is 0 Å². The van der Waals surface area contributed by atoms with Crippen LogP contribution in [0.1, 0.15) is 32.6 Å². The standard InChI is InChI=1S/C20H18O/c1-13-8-9-14(2)18(12-13)20(21)19-15(3)10-11-16-6-4-5-7-17(16)19/h4-12H,1-3H3. The third-order valence-corrected chi connectivity index (χ3v) is 4.00. The van der Waals surface area contributed by atoms with Crippen LogP contribution < -0.4 is 0 Å². The minimum absolute atomic E-state index is 0.116. The maximum absolute atomic E-state index is 13.1. The molecule has 0 saturated carbocycles. The highest BCUT2D eigenvalue weighted by atomic mass is 16.1. The van der Waals surface area contributed by atoms with E-state index in [2.05, 4.69) is 12.1 Å². The van der Waals surface area contributed by atoms with Crippen LogP contribution in [0.3, 0.4) is 0 Å². The summed E-state index contributed by atoms with van der Waals surface area (Å²) in [5, 5.41) is 2.14. The molecule has 3 rings (SSSR count). The van der Waals surface area contributed by atoms with E-state index in [9.17, 15) is 4.79 Å². The van der Waals surface area contributed by atoms with E-state index < -0.39 is 0 Å². The van der Waals surface area contributed by atoms with Gasteiger partial charge in [-0.1, -0.05) is 54.1 Å². The summed E-state index contributed by atoms with van der Waals surface area (Å²) < 4.78 is 0. The summed E-state index contributed by atoms with van der Waals surface area (Å²) in [6.07, 6.45) is 0. The van der Waals surface area contributed by atoms with Gasteiger partial charge in [0.1, 0.15) is 0 Å². The number of fused-ring (bicyclic) bond motifs is 1. The Morgan fingerprint density at radius 3 is 2.33 bits per heavy atom. The molecular weight excluding hydrogens is 256 g/mol. The van der Waals surface area contributed by atoms with Crippen LogP contribution in [0.4, 0.5) is 0 Å². The molecule has 0 unspecified atom stereocenters. The smallest absolute Gasteiger partial charge is 0.194 e. The van der Waals surface area contributed by atoms with E-state index >= 15 is 0 Å². The zero-order valence-corrected chi connectivity index (χ0v) is 12.6. The van der Waals surface area contributed by atoms with E-state index in [1.165, 1.54) is 0 Å². The van der Waals surface area contributed by atoms with Crippen LogP contribution in [0.5, 0.6) is 0 Å². The van der Waals surface area contributed by atoms with Gasteiger partial charge in [-0.2, -0.15) is 0 Å². The van der Waals surface area contributed by atoms with Gasteiger partial charge in [-0.05, 0) is 48.7 Å². The predicted octanol–water partition coefficient (Wildman–Crippen LogP) is 5.00. The number of ketones is 1. The minimum atomic E-state index is 0.116. The lowest BCUT2D eigenvalue weighted by Crippen LogP contribution is -2.07. The van der Waals surface area contributed by atoms with Crippen molar-refractivity contribution in [1.82, 2.24) is 0 Å². The van der Waals surface area contributed by atoms with Gasteiger partial charge in [0.2, 0.25) is 0 Å². The lowest BCUT2D eigenvalue weighted by Gasteiger charge is -2.12. The number of hydrogen-bond donors (Lipinski definition) is 0. The first kappa shape index (κ1) is 13.6. The van der Waals surface area contributed by atoms with Gasteiger partial charge >= 0.3 is 0 Å². The first-order valence-corrected chi connectivity index (χ1v) is 7.18. The molecule has 1 heteroatoms. The molecule has 0 spiro atoms. The highest BCUT2D eigenvalue weighted by Gasteiger charge is 2.17. The van der Waals surface area contributed by atoms with Gasteiger partial charge in [-0.15, -0.1) is 0 Å². The van der Waals surface area contributed by atoms with E-state index in [1.54, 1.807) is 0 Å². The zero-order valence-electron chi connectivity index (χ0n) is 12.6. The fourth-order valence-electron chi connectivity index (χ4n) is 2.80. The lowest BCUT2D eigenvalue weighted by molar-refractivity contribution is 0.103. The minimum Gasteiger partial charge on any atom is -0.289 e. The molecule has 0 amide bonds. The highest BCUT2D eigenvalue weighted by molar-refractivity contribution is 6.18. The molecule has 0 atom stereocenters. The molecular formula is C20H18O. The third kappa shape index (κ3) is 2.36. The molecule has 3 aromatic rings. The summed E-state index contributed by atoms with van der Waals surface area (Å²) in [5.41, 5.74) is 4.79. The molecule has 0 bridgehead atoms. The first-order chi connectivity index (χ1) is 10.1. The van der Waals surface area contributed by atoms with E-state index in [-0.39, 0.29) is 5.78 Å². The van der Waals surface area contributed by atoms with Crippen LogP contribution in [-0.4, -0.2) is 5.78 Å². The Kier molecular flexibility index (Phi) is 3.34. The topological polar surface area (TPSA) is 17.1 Å². The average Bonchev–Trinajstić information content (AvgIpc) is 2.49. The molecule has 0 aliphatic rings. The van der Waals surface area contributed by atoms with Crippen molar-refractivity contribution in [3.63, 3.8) is 0 Å². The van der Waals surface area contributed by atoms with Gasteiger partial charge in [-0.3, -0.25) is 4.79 Å². The Labute approximate surface area is 125 Å². The van der Waals surface area contributed by atoms with Crippen LogP contribution in [0.2, 0.25) is 0 Å². The molecule has 0 heterocycles. The molecule has 1 nitrogen and oxygen atoms in total. The second kappa shape index (κ2) is 5.17. The van der Waals surface area contributed by atoms with Crippen LogP contribution in [0, 0.1) is 20.8 Å². The lowest BCUT2D eigenvalue weighted by atomic mass is 9.91.